The third-order valence-electron chi connectivity index (χ3n) is 11.3. The van der Waals surface area contributed by atoms with Crippen molar-refractivity contribution >= 4 is 58.4 Å². The maximum absolute atomic E-state index is 2.36. The fourth-order valence-electron chi connectivity index (χ4n) is 7.87. The standard InChI is InChI=1S/C58H52N2/c1-41-11-15-47(16-12-41)17-18-48-20-29-53(30-21-48)59(57-37-13-42(2)39-45(57)5)55-33-25-51(26-34-55)52-27-35-56(36-28-52)60(58-38-14-43(3)40-46(58)6)54-31-22-49(23-32-54)19-24-50-10-8-7-9-44(50)4/h7-40H,1-6H3/b18-17+,24-19+. The summed E-state index contributed by atoms with van der Waals surface area (Å²) in [5.41, 5.74) is 21.4. The monoisotopic (exact) mass is 776 g/mol. The highest BCUT2D eigenvalue weighted by molar-refractivity contribution is 5.83. The van der Waals surface area contributed by atoms with Crippen molar-refractivity contribution < 1.29 is 0 Å². The largest absolute Gasteiger partial charge is 0.310 e. The van der Waals surface area contributed by atoms with Gasteiger partial charge >= 0.3 is 0 Å². The van der Waals surface area contributed by atoms with Gasteiger partial charge in [-0.15, -0.1) is 0 Å². The topological polar surface area (TPSA) is 6.48 Å². The molecule has 60 heavy (non-hydrogen) atoms. The minimum absolute atomic E-state index is 1.11. The Labute approximate surface area is 357 Å². The molecule has 0 heterocycles. The highest BCUT2D eigenvalue weighted by Crippen LogP contribution is 2.40. The Hall–Kier alpha value is -7.16. The van der Waals surface area contributed by atoms with Crippen molar-refractivity contribution in [1.29, 1.82) is 0 Å². The van der Waals surface area contributed by atoms with Crippen LogP contribution in [0, 0.1) is 41.5 Å². The molecule has 0 fully saturated rings. The molecule has 2 nitrogen and oxygen atoms in total. The number of aryl methyl sites for hydroxylation is 6. The van der Waals surface area contributed by atoms with Crippen LogP contribution < -0.4 is 9.80 Å². The van der Waals surface area contributed by atoms with Crippen molar-refractivity contribution in [3.8, 4) is 11.1 Å². The predicted molar refractivity (Wildman–Crippen MR) is 260 cm³/mol. The first-order chi connectivity index (χ1) is 29.2. The molecular weight excluding hydrogens is 725 g/mol. The van der Waals surface area contributed by atoms with E-state index in [9.17, 15) is 0 Å². The molecule has 0 atom stereocenters. The molecule has 0 spiro atoms. The van der Waals surface area contributed by atoms with E-state index in [0.717, 1.165) is 28.3 Å². The third-order valence-corrected chi connectivity index (χ3v) is 11.3. The summed E-state index contributed by atoms with van der Waals surface area (Å²) in [7, 11) is 0. The van der Waals surface area contributed by atoms with Gasteiger partial charge in [0.1, 0.15) is 0 Å². The van der Waals surface area contributed by atoms with E-state index in [0.29, 0.717) is 0 Å². The van der Waals surface area contributed by atoms with Gasteiger partial charge in [0.15, 0.2) is 0 Å². The van der Waals surface area contributed by atoms with E-state index in [4.69, 9.17) is 0 Å². The zero-order valence-corrected chi connectivity index (χ0v) is 35.5. The highest BCUT2D eigenvalue weighted by Gasteiger charge is 2.17. The second kappa shape index (κ2) is 17.8. The fraction of sp³-hybridized carbons (Fsp3) is 0.103. The molecule has 0 aliphatic heterocycles. The molecule has 0 unspecified atom stereocenters. The number of nitrogens with zero attached hydrogens (tertiary/aromatic N) is 2. The van der Waals surface area contributed by atoms with Crippen molar-refractivity contribution in [2.24, 2.45) is 0 Å². The minimum atomic E-state index is 1.11. The second-order valence-electron chi connectivity index (χ2n) is 16.0. The lowest BCUT2D eigenvalue weighted by Gasteiger charge is -2.28. The number of hydrogen-bond acceptors (Lipinski definition) is 2. The average Bonchev–Trinajstić information content (AvgIpc) is 3.26. The van der Waals surface area contributed by atoms with Crippen LogP contribution in [0.5, 0.6) is 0 Å². The minimum Gasteiger partial charge on any atom is -0.310 e. The molecule has 0 radical (unpaired) electrons. The van der Waals surface area contributed by atoms with Gasteiger partial charge in [0, 0.05) is 34.1 Å². The molecule has 294 valence electrons. The van der Waals surface area contributed by atoms with Crippen molar-refractivity contribution in [1.82, 2.24) is 0 Å². The van der Waals surface area contributed by atoms with E-state index in [1.807, 2.05) is 0 Å². The number of benzene rings is 8. The second-order valence-corrected chi connectivity index (χ2v) is 16.0. The molecule has 0 amide bonds. The fourth-order valence-corrected chi connectivity index (χ4v) is 7.87. The van der Waals surface area contributed by atoms with E-state index < -0.39 is 0 Å². The Morgan fingerprint density at radius 2 is 0.650 bits per heavy atom. The molecule has 0 saturated carbocycles. The quantitative estimate of drug-likeness (QED) is 0.121. The molecule has 8 aromatic carbocycles. The number of rotatable bonds is 11. The zero-order valence-electron chi connectivity index (χ0n) is 35.5. The highest BCUT2D eigenvalue weighted by atomic mass is 15.1. The third kappa shape index (κ3) is 9.09. The van der Waals surface area contributed by atoms with Crippen molar-refractivity contribution in [3.63, 3.8) is 0 Å². The van der Waals surface area contributed by atoms with E-state index in [-0.39, 0.29) is 0 Å². The van der Waals surface area contributed by atoms with Crippen LogP contribution in [0.1, 0.15) is 55.6 Å². The Morgan fingerprint density at radius 1 is 0.300 bits per heavy atom. The molecule has 0 saturated heterocycles. The number of hydrogen-bond donors (Lipinski definition) is 0. The van der Waals surface area contributed by atoms with Gasteiger partial charge in [0.05, 0.1) is 0 Å². The van der Waals surface area contributed by atoms with Crippen molar-refractivity contribution in [2.45, 2.75) is 41.5 Å². The maximum Gasteiger partial charge on any atom is 0.0490 e. The van der Waals surface area contributed by atoms with E-state index in [1.54, 1.807) is 0 Å². The van der Waals surface area contributed by atoms with Crippen molar-refractivity contribution in [3.05, 3.63) is 238 Å². The Kier molecular flexibility index (Phi) is 11.7. The van der Waals surface area contributed by atoms with Gasteiger partial charge in [-0.25, -0.2) is 0 Å². The zero-order chi connectivity index (χ0) is 41.6. The first-order valence-corrected chi connectivity index (χ1v) is 20.8. The van der Waals surface area contributed by atoms with Crippen LogP contribution in [0.2, 0.25) is 0 Å². The predicted octanol–water partition coefficient (Wildman–Crippen LogP) is 16.5. The Balaban J connectivity index is 1.07. The average molecular weight is 777 g/mol. The molecule has 2 heteroatoms. The normalized spacial score (nSPS) is 11.4. The molecule has 0 aromatic heterocycles. The lowest BCUT2D eigenvalue weighted by Crippen LogP contribution is -2.11. The van der Waals surface area contributed by atoms with Crippen LogP contribution in [-0.4, -0.2) is 0 Å². The van der Waals surface area contributed by atoms with Gasteiger partial charge in [-0.3, -0.25) is 0 Å². The van der Waals surface area contributed by atoms with Crippen LogP contribution >= 0.6 is 0 Å². The SMILES string of the molecule is Cc1ccc(/C=C/c2ccc(N(c3ccc(-c4ccc(N(c5ccc(/C=C/c6ccccc6C)cc5)c5ccc(C)cc5C)cc4)cc3)c3ccc(C)cc3C)cc2)cc1. The Morgan fingerprint density at radius 3 is 1.05 bits per heavy atom. The van der Waals surface area contributed by atoms with Crippen LogP contribution in [0.25, 0.3) is 35.4 Å². The summed E-state index contributed by atoms with van der Waals surface area (Å²) in [6, 6.07) is 66.1. The molecule has 0 aliphatic rings. The molecule has 0 aliphatic carbocycles. The van der Waals surface area contributed by atoms with Crippen molar-refractivity contribution in [2.75, 3.05) is 9.80 Å². The van der Waals surface area contributed by atoms with E-state index in [1.165, 1.54) is 72.6 Å². The molecule has 8 rings (SSSR count). The van der Waals surface area contributed by atoms with Crippen LogP contribution in [0.4, 0.5) is 34.1 Å². The summed E-state index contributed by atoms with van der Waals surface area (Å²) in [6.45, 7) is 13.0. The molecular formula is C58H52N2. The van der Waals surface area contributed by atoms with Gasteiger partial charge in [-0.05, 0) is 152 Å². The first kappa shape index (κ1) is 39.7. The lowest BCUT2D eigenvalue weighted by molar-refractivity contribution is 1.23. The van der Waals surface area contributed by atoms with E-state index >= 15 is 0 Å². The molecule has 0 bridgehead atoms. The summed E-state index contributed by atoms with van der Waals surface area (Å²) in [5, 5.41) is 0. The summed E-state index contributed by atoms with van der Waals surface area (Å²) < 4.78 is 0. The smallest absolute Gasteiger partial charge is 0.0490 e. The van der Waals surface area contributed by atoms with Gasteiger partial charge in [-0.1, -0.05) is 162 Å². The van der Waals surface area contributed by atoms with Crippen LogP contribution in [0.3, 0.4) is 0 Å². The Bertz CT molecular complexity index is 2770. The van der Waals surface area contributed by atoms with Gasteiger partial charge in [-0.2, -0.15) is 0 Å². The van der Waals surface area contributed by atoms with Gasteiger partial charge in [0.25, 0.3) is 0 Å². The summed E-state index contributed by atoms with van der Waals surface area (Å²) in [6.07, 6.45) is 8.74. The van der Waals surface area contributed by atoms with Crippen LogP contribution in [0.15, 0.2) is 182 Å². The molecule has 8 aromatic rings. The van der Waals surface area contributed by atoms with Gasteiger partial charge < -0.3 is 9.80 Å². The van der Waals surface area contributed by atoms with E-state index in [2.05, 4.69) is 258 Å². The summed E-state index contributed by atoms with van der Waals surface area (Å²) >= 11 is 0. The number of anilines is 6. The van der Waals surface area contributed by atoms with Crippen LogP contribution in [-0.2, 0) is 0 Å². The maximum atomic E-state index is 2.36. The summed E-state index contributed by atoms with van der Waals surface area (Å²) in [4.78, 5) is 4.72. The first-order valence-electron chi connectivity index (χ1n) is 20.8. The van der Waals surface area contributed by atoms with Gasteiger partial charge in [0.2, 0.25) is 0 Å². The summed E-state index contributed by atoms with van der Waals surface area (Å²) in [5.74, 6) is 0. The molecule has 0 N–H and O–H groups in total. The lowest BCUT2D eigenvalue weighted by atomic mass is 10.0.